The average Bonchev–Trinajstić information content (AvgIpc) is 2.41. The van der Waals surface area contributed by atoms with E-state index in [-0.39, 0.29) is 4.90 Å². The van der Waals surface area contributed by atoms with E-state index in [0.717, 1.165) is 6.26 Å². The van der Waals surface area contributed by atoms with Crippen LogP contribution in [-0.4, -0.2) is 21.8 Å². The van der Waals surface area contributed by atoms with Gasteiger partial charge in [0.1, 0.15) is 17.2 Å². The van der Waals surface area contributed by atoms with Crippen LogP contribution in [0.2, 0.25) is 0 Å². The van der Waals surface area contributed by atoms with Gasteiger partial charge < -0.3 is 15.2 Å². The van der Waals surface area contributed by atoms with E-state index in [1.54, 1.807) is 30.3 Å². The molecule has 0 aliphatic carbocycles. The molecule has 0 aliphatic heterocycles. The highest BCUT2D eigenvalue weighted by atomic mass is 32.2. The summed E-state index contributed by atoms with van der Waals surface area (Å²) in [7, 11) is -1.69. The lowest BCUT2D eigenvalue weighted by atomic mass is 10.2. The van der Waals surface area contributed by atoms with Gasteiger partial charge in [0.25, 0.3) is 0 Å². The fourth-order valence-corrected chi connectivity index (χ4v) is 2.30. The second-order valence-corrected chi connectivity index (χ2v) is 6.23. The van der Waals surface area contributed by atoms with Crippen LogP contribution < -0.4 is 15.2 Å². The molecule has 0 atom stereocenters. The minimum absolute atomic E-state index is 0.239. The van der Waals surface area contributed by atoms with Crippen LogP contribution >= 0.6 is 0 Å². The van der Waals surface area contributed by atoms with Gasteiger partial charge in [-0.05, 0) is 36.4 Å². The summed E-state index contributed by atoms with van der Waals surface area (Å²) in [5.41, 5.74) is 6.29. The molecule has 106 valence electrons. The van der Waals surface area contributed by atoms with Crippen LogP contribution in [0, 0.1) is 0 Å². The zero-order chi connectivity index (χ0) is 14.8. The maximum absolute atomic E-state index is 11.4. The monoisotopic (exact) mass is 293 g/mol. The fourth-order valence-electron chi connectivity index (χ4n) is 1.67. The number of anilines is 1. The molecule has 6 heteroatoms. The third-order valence-electron chi connectivity index (χ3n) is 2.73. The molecule has 0 heterocycles. The molecule has 2 rings (SSSR count). The van der Waals surface area contributed by atoms with E-state index in [4.69, 9.17) is 15.2 Å². The normalized spacial score (nSPS) is 11.1. The Hall–Kier alpha value is -2.21. The maximum Gasteiger partial charge on any atom is 0.175 e. The van der Waals surface area contributed by atoms with Crippen molar-refractivity contribution in [3.8, 4) is 17.2 Å². The first kappa shape index (κ1) is 14.2. The third-order valence-corrected chi connectivity index (χ3v) is 3.85. The first-order valence-corrected chi connectivity index (χ1v) is 7.71. The number of rotatable bonds is 4. The van der Waals surface area contributed by atoms with Crippen molar-refractivity contribution < 1.29 is 17.9 Å². The van der Waals surface area contributed by atoms with E-state index in [1.165, 1.54) is 19.2 Å². The Balaban J connectivity index is 2.27. The van der Waals surface area contributed by atoms with E-state index in [1.807, 2.05) is 0 Å². The van der Waals surface area contributed by atoms with Crippen LogP contribution in [0.1, 0.15) is 0 Å². The molecule has 0 saturated carbocycles. The highest BCUT2D eigenvalue weighted by molar-refractivity contribution is 7.90. The molecule has 2 N–H and O–H groups in total. The van der Waals surface area contributed by atoms with Gasteiger partial charge in [-0.3, -0.25) is 0 Å². The zero-order valence-corrected chi connectivity index (χ0v) is 12.0. The van der Waals surface area contributed by atoms with Crippen molar-refractivity contribution in [2.24, 2.45) is 0 Å². The van der Waals surface area contributed by atoms with Gasteiger partial charge in [-0.2, -0.15) is 0 Å². The number of hydrogen-bond donors (Lipinski definition) is 1. The van der Waals surface area contributed by atoms with Crippen molar-refractivity contribution in [2.75, 3.05) is 19.1 Å². The summed E-state index contributed by atoms with van der Waals surface area (Å²) in [4.78, 5) is 0.239. The van der Waals surface area contributed by atoms with E-state index >= 15 is 0 Å². The third kappa shape index (κ3) is 3.03. The molecular formula is C14H15NO4S. The predicted octanol–water partition coefficient (Wildman–Crippen LogP) is 2.47. The first-order chi connectivity index (χ1) is 9.41. The molecule has 0 fully saturated rings. The number of methoxy groups -OCH3 is 1. The number of hydrogen-bond acceptors (Lipinski definition) is 5. The Morgan fingerprint density at radius 2 is 1.60 bits per heavy atom. The van der Waals surface area contributed by atoms with E-state index in [9.17, 15) is 8.42 Å². The number of benzene rings is 2. The van der Waals surface area contributed by atoms with Crippen LogP contribution in [0.5, 0.6) is 17.2 Å². The molecule has 2 aromatic carbocycles. The van der Waals surface area contributed by atoms with Crippen molar-refractivity contribution >= 4 is 15.5 Å². The maximum atomic E-state index is 11.4. The molecular weight excluding hydrogens is 278 g/mol. The Labute approximate surface area is 117 Å². The standard InChI is InChI=1S/C14H15NO4S/c1-18-12-4-3-5-13(14(12)15)19-10-6-8-11(9-7-10)20(2,16)17/h3-9H,15H2,1-2H3. The van der Waals surface area contributed by atoms with Gasteiger partial charge in [-0.15, -0.1) is 0 Å². The van der Waals surface area contributed by atoms with Crippen LogP contribution in [0.4, 0.5) is 5.69 Å². The molecule has 0 aromatic heterocycles. The Morgan fingerprint density at radius 1 is 1.00 bits per heavy atom. The Kier molecular flexibility index (Phi) is 3.85. The zero-order valence-electron chi connectivity index (χ0n) is 11.2. The van der Waals surface area contributed by atoms with Crippen molar-refractivity contribution in [1.29, 1.82) is 0 Å². The summed E-state index contributed by atoms with van der Waals surface area (Å²) in [6, 6.07) is 11.3. The number of ether oxygens (including phenoxy) is 2. The predicted molar refractivity (Wildman–Crippen MR) is 77.0 cm³/mol. The lowest BCUT2D eigenvalue weighted by Crippen LogP contribution is -1.98. The largest absolute Gasteiger partial charge is 0.494 e. The van der Waals surface area contributed by atoms with E-state index < -0.39 is 9.84 Å². The molecule has 2 aromatic rings. The molecule has 0 aliphatic rings. The molecule has 0 amide bonds. The van der Waals surface area contributed by atoms with Gasteiger partial charge >= 0.3 is 0 Å². The summed E-state index contributed by atoms with van der Waals surface area (Å²) in [6.45, 7) is 0. The summed E-state index contributed by atoms with van der Waals surface area (Å²) in [5.74, 6) is 1.48. The topological polar surface area (TPSA) is 78.6 Å². The molecule has 20 heavy (non-hydrogen) atoms. The summed E-state index contributed by atoms with van der Waals surface area (Å²) < 4.78 is 33.4. The second-order valence-electron chi connectivity index (χ2n) is 4.22. The van der Waals surface area contributed by atoms with Gasteiger partial charge in [-0.1, -0.05) is 6.07 Å². The fraction of sp³-hybridized carbons (Fsp3) is 0.143. The summed E-state index contributed by atoms with van der Waals surface area (Å²) >= 11 is 0. The average molecular weight is 293 g/mol. The Bertz CT molecular complexity index is 708. The molecule has 5 nitrogen and oxygen atoms in total. The first-order valence-electron chi connectivity index (χ1n) is 5.82. The Morgan fingerprint density at radius 3 is 2.15 bits per heavy atom. The van der Waals surface area contributed by atoms with Crippen molar-refractivity contribution in [2.45, 2.75) is 4.90 Å². The van der Waals surface area contributed by atoms with Gasteiger partial charge in [0.15, 0.2) is 15.6 Å². The van der Waals surface area contributed by atoms with Crippen LogP contribution in [0.15, 0.2) is 47.4 Å². The van der Waals surface area contributed by atoms with Crippen LogP contribution in [0.25, 0.3) is 0 Å². The lowest BCUT2D eigenvalue weighted by Gasteiger charge is -2.11. The van der Waals surface area contributed by atoms with Crippen LogP contribution in [0.3, 0.4) is 0 Å². The van der Waals surface area contributed by atoms with Gasteiger partial charge in [0.2, 0.25) is 0 Å². The highest BCUT2D eigenvalue weighted by Gasteiger charge is 2.09. The molecule has 0 saturated heterocycles. The minimum Gasteiger partial charge on any atom is -0.494 e. The minimum atomic E-state index is -3.21. The molecule has 0 unspecified atom stereocenters. The van der Waals surface area contributed by atoms with E-state index in [0.29, 0.717) is 22.9 Å². The van der Waals surface area contributed by atoms with Crippen LogP contribution in [-0.2, 0) is 9.84 Å². The highest BCUT2D eigenvalue weighted by Crippen LogP contribution is 2.34. The van der Waals surface area contributed by atoms with Gasteiger partial charge in [0, 0.05) is 6.26 Å². The number of para-hydroxylation sites is 1. The quantitative estimate of drug-likeness (QED) is 0.876. The van der Waals surface area contributed by atoms with Crippen molar-refractivity contribution in [3.63, 3.8) is 0 Å². The van der Waals surface area contributed by atoms with E-state index in [2.05, 4.69) is 0 Å². The van der Waals surface area contributed by atoms with Gasteiger partial charge in [-0.25, -0.2) is 8.42 Å². The number of nitrogen functional groups attached to an aromatic ring is 1. The van der Waals surface area contributed by atoms with Gasteiger partial charge in [0.05, 0.1) is 12.0 Å². The molecule has 0 bridgehead atoms. The smallest absolute Gasteiger partial charge is 0.175 e. The molecule has 0 radical (unpaired) electrons. The number of nitrogens with two attached hydrogens (primary N) is 1. The van der Waals surface area contributed by atoms with Crippen molar-refractivity contribution in [3.05, 3.63) is 42.5 Å². The lowest BCUT2D eigenvalue weighted by molar-refractivity contribution is 0.412. The summed E-state index contributed by atoms with van der Waals surface area (Å²) in [6.07, 6.45) is 1.16. The SMILES string of the molecule is COc1cccc(Oc2ccc(S(C)(=O)=O)cc2)c1N. The second kappa shape index (κ2) is 5.42. The molecule has 0 spiro atoms. The summed E-state index contributed by atoms with van der Waals surface area (Å²) in [5, 5.41) is 0. The van der Waals surface area contributed by atoms with Crippen molar-refractivity contribution in [1.82, 2.24) is 0 Å². The number of sulfone groups is 1.